The number of fused-ring (bicyclic) bond motifs is 1. The molecule has 4 heterocycles. The Morgan fingerprint density at radius 2 is 1.88 bits per heavy atom. The van der Waals surface area contributed by atoms with Crippen LogP contribution in [0.1, 0.15) is 0 Å². The molecule has 2 N–H and O–H groups in total. The monoisotopic (exact) mass is 464 g/mol. The number of nitrogens with zero attached hydrogens (tertiary/aromatic N) is 5. The lowest BCUT2D eigenvalue weighted by atomic mass is 10.2. The minimum atomic E-state index is -0.278. The maximum atomic E-state index is 13.5. The van der Waals surface area contributed by atoms with Gasteiger partial charge in [0.2, 0.25) is 0 Å². The second kappa shape index (κ2) is 10.8. The van der Waals surface area contributed by atoms with Crippen LogP contribution < -0.4 is 10.2 Å². The fourth-order valence-electron chi connectivity index (χ4n) is 4.00. The first-order valence-electron chi connectivity index (χ1n) is 10.8. The fourth-order valence-corrected chi connectivity index (χ4v) is 4.00. The number of nitrogens with one attached hydrogen (secondary N) is 1. The molecule has 3 aromatic heterocycles. The van der Waals surface area contributed by atoms with Crippen LogP contribution in [0.25, 0.3) is 28.2 Å². The molecular formula is C24H25FN6O3. The van der Waals surface area contributed by atoms with Crippen molar-refractivity contribution in [2.75, 3.05) is 38.3 Å². The number of imidazole rings is 1. The van der Waals surface area contributed by atoms with Crippen molar-refractivity contribution in [2.24, 2.45) is 0 Å². The molecule has 176 valence electrons. The number of benzene rings is 1. The molecule has 10 heteroatoms. The van der Waals surface area contributed by atoms with Gasteiger partial charge in [0, 0.05) is 50.7 Å². The molecule has 4 aromatic rings. The largest absolute Gasteiger partial charge is 0.483 e. The van der Waals surface area contributed by atoms with E-state index in [1.165, 1.54) is 12.1 Å². The maximum Gasteiger partial charge on any atom is 0.290 e. The zero-order chi connectivity index (χ0) is 23.9. The number of carbonyl (C=O) groups is 1. The highest BCUT2D eigenvalue weighted by molar-refractivity contribution is 5.81. The zero-order valence-corrected chi connectivity index (χ0v) is 18.6. The summed E-state index contributed by atoms with van der Waals surface area (Å²) in [5.41, 5.74) is 3.26. The molecule has 0 aliphatic carbocycles. The van der Waals surface area contributed by atoms with E-state index in [4.69, 9.17) is 24.6 Å². The molecule has 1 fully saturated rings. The van der Waals surface area contributed by atoms with Crippen molar-refractivity contribution in [3.63, 3.8) is 0 Å². The molecule has 1 aliphatic rings. The van der Waals surface area contributed by atoms with E-state index < -0.39 is 0 Å². The Kier molecular flexibility index (Phi) is 7.41. The Balaban J connectivity index is 0.000000868. The summed E-state index contributed by atoms with van der Waals surface area (Å²) in [5.74, 6) is 1.33. The molecule has 1 aliphatic heterocycles. The maximum absolute atomic E-state index is 13.5. The third kappa shape index (κ3) is 5.03. The Labute approximate surface area is 195 Å². The van der Waals surface area contributed by atoms with Gasteiger partial charge in [0.15, 0.2) is 5.65 Å². The molecule has 1 saturated heterocycles. The predicted octanol–water partition coefficient (Wildman–Crippen LogP) is 2.75. The molecule has 0 bridgehead atoms. The van der Waals surface area contributed by atoms with Crippen molar-refractivity contribution >= 4 is 23.5 Å². The smallest absolute Gasteiger partial charge is 0.290 e. The summed E-state index contributed by atoms with van der Waals surface area (Å²) in [6, 6.07) is 14.5. The molecule has 34 heavy (non-hydrogen) atoms. The molecule has 0 spiro atoms. The highest BCUT2D eigenvalue weighted by atomic mass is 19.1. The number of anilines is 1. The standard InChI is InChI=1S/C23H23FN6O.CH2O2/c1-31-15-18-14-29(13-12-26-18)21-7-6-20-23(28-21)30(19-8-10-25-11-9-19)22(27-20)16-2-4-17(24)5-3-16;2-1-3/h2-11,18,26H,12-15H2,1H3;1H,(H,2,3)/t18-;/m1./s1. The van der Waals surface area contributed by atoms with Crippen LogP contribution >= 0.6 is 0 Å². The second-order valence-corrected chi connectivity index (χ2v) is 7.65. The number of aromatic nitrogens is 4. The first-order chi connectivity index (χ1) is 16.6. The Bertz CT molecular complexity index is 1230. The van der Waals surface area contributed by atoms with Gasteiger partial charge in [0.25, 0.3) is 6.47 Å². The van der Waals surface area contributed by atoms with E-state index in [-0.39, 0.29) is 18.3 Å². The Morgan fingerprint density at radius 1 is 1.15 bits per heavy atom. The van der Waals surface area contributed by atoms with Gasteiger partial charge in [-0.3, -0.25) is 14.3 Å². The zero-order valence-electron chi connectivity index (χ0n) is 18.6. The molecule has 0 saturated carbocycles. The van der Waals surface area contributed by atoms with Crippen LogP contribution in [-0.4, -0.2) is 70.5 Å². The number of halogens is 1. The van der Waals surface area contributed by atoms with Gasteiger partial charge < -0.3 is 20.1 Å². The highest BCUT2D eigenvalue weighted by Gasteiger charge is 2.22. The minimum absolute atomic E-state index is 0.250. The van der Waals surface area contributed by atoms with Crippen molar-refractivity contribution in [2.45, 2.75) is 6.04 Å². The van der Waals surface area contributed by atoms with Crippen molar-refractivity contribution < 1.29 is 19.0 Å². The summed E-state index contributed by atoms with van der Waals surface area (Å²) in [7, 11) is 1.72. The van der Waals surface area contributed by atoms with Crippen molar-refractivity contribution in [3.8, 4) is 17.1 Å². The third-order valence-corrected chi connectivity index (χ3v) is 5.46. The van der Waals surface area contributed by atoms with E-state index >= 15 is 0 Å². The van der Waals surface area contributed by atoms with E-state index in [0.29, 0.717) is 12.4 Å². The van der Waals surface area contributed by atoms with Crippen LogP contribution in [0.4, 0.5) is 10.2 Å². The number of piperazine rings is 1. The first kappa shape index (κ1) is 23.3. The molecule has 1 aromatic carbocycles. The average molecular weight is 465 g/mol. The second-order valence-electron chi connectivity index (χ2n) is 7.65. The quantitative estimate of drug-likeness (QED) is 0.435. The van der Waals surface area contributed by atoms with Crippen molar-refractivity contribution in [1.29, 1.82) is 0 Å². The fraction of sp³-hybridized carbons (Fsp3) is 0.250. The molecule has 1 atom stereocenters. The molecule has 9 nitrogen and oxygen atoms in total. The number of rotatable bonds is 5. The molecule has 5 rings (SSSR count). The number of methoxy groups -OCH3 is 1. The van der Waals surface area contributed by atoms with Crippen LogP contribution in [0.5, 0.6) is 0 Å². The van der Waals surface area contributed by atoms with Crippen LogP contribution in [0.2, 0.25) is 0 Å². The minimum Gasteiger partial charge on any atom is -0.483 e. The van der Waals surface area contributed by atoms with Gasteiger partial charge in [-0.25, -0.2) is 14.4 Å². The SMILES string of the molecule is COC[C@H]1CN(c2ccc3nc(-c4ccc(F)cc4)n(-c4ccncc4)c3n2)CCN1.O=CO. The molecular weight excluding hydrogens is 439 g/mol. The lowest BCUT2D eigenvalue weighted by Gasteiger charge is -2.34. The number of hydrogen-bond donors (Lipinski definition) is 2. The van der Waals surface area contributed by atoms with Crippen LogP contribution in [0, 0.1) is 5.82 Å². The van der Waals surface area contributed by atoms with Gasteiger partial charge in [0.05, 0.1) is 12.3 Å². The Hall–Kier alpha value is -3.89. The van der Waals surface area contributed by atoms with Crippen LogP contribution in [-0.2, 0) is 9.53 Å². The number of hydrogen-bond acceptors (Lipinski definition) is 7. The lowest BCUT2D eigenvalue weighted by molar-refractivity contribution is -0.122. The van der Waals surface area contributed by atoms with Gasteiger partial charge >= 0.3 is 0 Å². The number of carboxylic acid groups (broad SMARTS) is 1. The predicted molar refractivity (Wildman–Crippen MR) is 127 cm³/mol. The van der Waals surface area contributed by atoms with Crippen LogP contribution in [0.3, 0.4) is 0 Å². The van der Waals surface area contributed by atoms with Gasteiger partial charge in [-0.1, -0.05) is 0 Å². The van der Waals surface area contributed by atoms with E-state index in [0.717, 1.165) is 47.9 Å². The topological polar surface area (TPSA) is 105 Å². The van der Waals surface area contributed by atoms with E-state index in [1.807, 2.05) is 28.8 Å². The summed E-state index contributed by atoms with van der Waals surface area (Å²) in [5, 5.41) is 10.4. The summed E-state index contributed by atoms with van der Waals surface area (Å²) in [6.45, 7) is 2.97. The van der Waals surface area contributed by atoms with Gasteiger partial charge in [-0.2, -0.15) is 0 Å². The Morgan fingerprint density at radius 3 is 2.59 bits per heavy atom. The number of ether oxygens (including phenoxy) is 1. The lowest BCUT2D eigenvalue weighted by Crippen LogP contribution is -2.52. The highest BCUT2D eigenvalue weighted by Crippen LogP contribution is 2.29. The van der Waals surface area contributed by atoms with E-state index in [1.54, 1.807) is 31.6 Å². The molecule has 0 radical (unpaired) electrons. The van der Waals surface area contributed by atoms with Crippen molar-refractivity contribution in [1.82, 2.24) is 24.8 Å². The third-order valence-electron chi connectivity index (χ3n) is 5.46. The van der Waals surface area contributed by atoms with Crippen LogP contribution in [0.15, 0.2) is 60.9 Å². The van der Waals surface area contributed by atoms with E-state index in [9.17, 15) is 4.39 Å². The van der Waals surface area contributed by atoms with Gasteiger partial charge in [-0.05, 0) is 48.5 Å². The number of pyridine rings is 2. The van der Waals surface area contributed by atoms with E-state index in [2.05, 4.69) is 15.2 Å². The average Bonchev–Trinajstić information content (AvgIpc) is 3.25. The summed E-state index contributed by atoms with van der Waals surface area (Å²) in [4.78, 5) is 24.6. The summed E-state index contributed by atoms with van der Waals surface area (Å²) >= 11 is 0. The first-order valence-corrected chi connectivity index (χ1v) is 10.8. The van der Waals surface area contributed by atoms with Gasteiger partial charge in [0.1, 0.15) is 23.0 Å². The normalized spacial score (nSPS) is 15.6. The summed E-state index contributed by atoms with van der Waals surface area (Å²) < 4.78 is 20.8. The summed E-state index contributed by atoms with van der Waals surface area (Å²) in [6.07, 6.45) is 3.48. The van der Waals surface area contributed by atoms with Crippen molar-refractivity contribution in [3.05, 3.63) is 66.7 Å². The molecule has 0 unspecified atom stereocenters. The van der Waals surface area contributed by atoms with Gasteiger partial charge in [-0.15, -0.1) is 0 Å². The molecule has 0 amide bonds.